The number of hydrogen-bond acceptors (Lipinski definition) is 3. The van der Waals surface area contributed by atoms with Gasteiger partial charge in [-0.1, -0.05) is 0 Å². The van der Waals surface area contributed by atoms with E-state index in [0.717, 1.165) is 12.8 Å². The molecule has 0 aliphatic heterocycles. The van der Waals surface area contributed by atoms with Gasteiger partial charge in [0.2, 0.25) is 5.91 Å². The van der Waals surface area contributed by atoms with Gasteiger partial charge in [0.1, 0.15) is 5.82 Å². The Bertz CT molecular complexity index is 550. The van der Waals surface area contributed by atoms with Gasteiger partial charge in [-0.05, 0) is 49.8 Å². The summed E-state index contributed by atoms with van der Waals surface area (Å²) in [5.74, 6) is 0.102. The molecule has 1 saturated carbocycles. The monoisotopic (exact) mass is 338 g/mol. The van der Waals surface area contributed by atoms with E-state index in [9.17, 15) is 9.18 Å². The highest BCUT2D eigenvalue weighted by Gasteiger charge is 2.24. The van der Waals surface area contributed by atoms with Gasteiger partial charge >= 0.3 is 0 Å². The van der Waals surface area contributed by atoms with Crippen LogP contribution < -0.4 is 16.0 Å². The highest BCUT2D eigenvalue weighted by atomic mass is 32.2. The molecule has 3 N–H and O–H groups in total. The van der Waals surface area contributed by atoms with Gasteiger partial charge in [-0.15, -0.1) is 0 Å². The van der Waals surface area contributed by atoms with Crippen LogP contribution in [-0.4, -0.2) is 43.0 Å². The lowest BCUT2D eigenvalue weighted by molar-refractivity contribution is -0.115. The molecule has 1 aliphatic rings. The van der Waals surface area contributed by atoms with Crippen LogP contribution in [0.1, 0.15) is 19.3 Å². The van der Waals surface area contributed by atoms with E-state index >= 15 is 0 Å². The van der Waals surface area contributed by atoms with Crippen LogP contribution in [0.25, 0.3) is 0 Å². The zero-order valence-electron chi connectivity index (χ0n) is 13.4. The fourth-order valence-electron chi connectivity index (χ4n) is 2.58. The van der Waals surface area contributed by atoms with Crippen LogP contribution in [0.2, 0.25) is 0 Å². The third kappa shape index (κ3) is 5.74. The molecule has 0 saturated heterocycles. The van der Waals surface area contributed by atoms with E-state index in [2.05, 4.69) is 27.2 Å². The van der Waals surface area contributed by atoms with Crippen molar-refractivity contribution in [3.63, 3.8) is 0 Å². The summed E-state index contributed by atoms with van der Waals surface area (Å²) in [4.78, 5) is 16.1. The number of halogens is 1. The highest BCUT2D eigenvalue weighted by molar-refractivity contribution is 7.99. The zero-order valence-corrected chi connectivity index (χ0v) is 14.3. The Labute approximate surface area is 140 Å². The molecule has 0 bridgehead atoms. The van der Waals surface area contributed by atoms with Crippen molar-refractivity contribution in [3.8, 4) is 0 Å². The predicted octanol–water partition coefficient (Wildman–Crippen LogP) is 2.21. The van der Waals surface area contributed by atoms with Crippen molar-refractivity contribution >= 4 is 29.3 Å². The van der Waals surface area contributed by atoms with Crippen molar-refractivity contribution in [1.29, 1.82) is 0 Å². The third-order valence-electron chi connectivity index (χ3n) is 3.83. The molecule has 0 radical (unpaired) electrons. The number of benzene rings is 1. The van der Waals surface area contributed by atoms with Gasteiger partial charge in [0.25, 0.3) is 0 Å². The number of guanidine groups is 1. The number of aliphatic imine (C=N–C) groups is 1. The molecule has 23 heavy (non-hydrogen) atoms. The number of anilines is 1. The Hall–Kier alpha value is -1.76. The van der Waals surface area contributed by atoms with Gasteiger partial charge in [0, 0.05) is 24.0 Å². The minimum atomic E-state index is -0.328. The second-order valence-corrected chi connectivity index (χ2v) is 6.63. The molecular formula is C16H23FN4OS. The van der Waals surface area contributed by atoms with E-state index in [1.54, 1.807) is 7.05 Å². The largest absolute Gasteiger partial charge is 0.354 e. The Kier molecular flexibility index (Phi) is 6.70. The first kappa shape index (κ1) is 17.6. The SMILES string of the molecule is CN=C(NCC(=O)Nc1ccc(F)cc1)NC1CCC(SC)C1. The van der Waals surface area contributed by atoms with E-state index in [-0.39, 0.29) is 18.3 Å². The number of carbonyl (C=O) groups excluding carboxylic acids is 1. The quantitative estimate of drug-likeness (QED) is 0.569. The van der Waals surface area contributed by atoms with Crippen LogP contribution in [0.3, 0.4) is 0 Å². The molecule has 1 fully saturated rings. The maximum Gasteiger partial charge on any atom is 0.243 e. The molecule has 1 amide bonds. The molecular weight excluding hydrogens is 315 g/mol. The molecule has 2 unspecified atom stereocenters. The number of rotatable bonds is 5. The average Bonchev–Trinajstić information content (AvgIpc) is 3.01. The molecule has 1 aromatic carbocycles. The molecule has 1 aromatic rings. The second kappa shape index (κ2) is 8.76. The molecule has 7 heteroatoms. The summed E-state index contributed by atoms with van der Waals surface area (Å²) in [6, 6.07) is 6.08. The molecule has 2 rings (SSSR count). The fourth-order valence-corrected chi connectivity index (χ4v) is 3.37. The topological polar surface area (TPSA) is 65.5 Å². The number of nitrogens with one attached hydrogen (secondary N) is 3. The van der Waals surface area contributed by atoms with Crippen molar-refractivity contribution < 1.29 is 9.18 Å². The summed E-state index contributed by atoms with van der Waals surface area (Å²) in [5.41, 5.74) is 0.569. The second-order valence-electron chi connectivity index (χ2n) is 5.49. The summed E-state index contributed by atoms with van der Waals surface area (Å²) in [5, 5.41) is 9.76. The van der Waals surface area contributed by atoms with Gasteiger partial charge in [-0.3, -0.25) is 9.79 Å². The Morgan fingerprint density at radius 2 is 2.09 bits per heavy atom. The van der Waals surface area contributed by atoms with E-state index in [1.165, 1.54) is 30.7 Å². The number of nitrogens with zero attached hydrogens (tertiary/aromatic N) is 1. The number of amides is 1. The summed E-state index contributed by atoms with van der Waals surface area (Å²) in [6.45, 7) is 0.107. The molecule has 5 nitrogen and oxygen atoms in total. The Morgan fingerprint density at radius 1 is 1.35 bits per heavy atom. The normalized spacial score (nSPS) is 21.1. The smallest absolute Gasteiger partial charge is 0.243 e. The van der Waals surface area contributed by atoms with Gasteiger partial charge in [-0.25, -0.2) is 4.39 Å². The Balaban J connectivity index is 1.74. The summed E-state index contributed by atoms with van der Waals surface area (Å²) >= 11 is 1.90. The van der Waals surface area contributed by atoms with Gasteiger partial charge in [-0.2, -0.15) is 11.8 Å². The maximum atomic E-state index is 12.8. The third-order valence-corrected chi connectivity index (χ3v) is 4.92. The van der Waals surface area contributed by atoms with Crippen LogP contribution in [0.5, 0.6) is 0 Å². The lowest BCUT2D eigenvalue weighted by Gasteiger charge is -2.17. The molecule has 2 atom stereocenters. The van der Waals surface area contributed by atoms with Crippen LogP contribution in [0, 0.1) is 5.82 Å². The van der Waals surface area contributed by atoms with Crippen molar-refractivity contribution in [2.45, 2.75) is 30.6 Å². The van der Waals surface area contributed by atoms with E-state index in [1.807, 2.05) is 11.8 Å². The fraction of sp³-hybridized carbons (Fsp3) is 0.500. The molecule has 0 heterocycles. The summed E-state index contributed by atoms with van der Waals surface area (Å²) in [7, 11) is 1.69. The number of carbonyl (C=O) groups is 1. The van der Waals surface area contributed by atoms with Crippen molar-refractivity contribution in [2.75, 3.05) is 25.2 Å². The molecule has 0 spiro atoms. The van der Waals surface area contributed by atoms with Crippen LogP contribution in [0.4, 0.5) is 10.1 Å². The van der Waals surface area contributed by atoms with Crippen molar-refractivity contribution in [2.24, 2.45) is 4.99 Å². The van der Waals surface area contributed by atoms with Crippen molar-refractivity contribution in [1.82, 2.24) is 10.6 Å². The Morgan fingerprint density at radius 3 is 2.70 bits per heavy atom. The summed E-state index contributed by atoms with van der Waals surface area (Å²) < 4.78 is 12.8. The van der Waals surface area contributed by atoms with Gasteiger partial charge in [0.15, 0.2) is 5.96 Å². The van der Waals surface area contributed by atoms with Gasteiger partial charge < -0.3 is 16.0 Å². The first-order valence-electron chi connectivity index (χ1n) is 7.66. The molecule has 0 aromatic heterocycles. The first-order valence-corrected chi connectivity index (χ1v) is 8.95. The van der Waals surface area contributed by atoms with Crippen LogP contribution in [0.15, 0.2) is 29.3 Å². The van der Waals surface area contributed by atoms with Crippen LogP contribution in [-0.2, 0) is 4.79 Å². The highest BCUT2D eigenvalue weighted by Crippen LogP contribution is 2.27. The summed E-state index contributed by atoms with van der Waals surface area (Å²) in [6.07, 6.45) is 5.58. The van der Waals surface area contributed by atoms with Crippen molar-refractivity contribution in [3.05, 3.63) is 30.1 Å². The minimum Gasteiger partial charge on any atom is -0.354 e. The van der Waals surface area contributed by atoms with Crippen LogP contribution >= 0.6 is 11.8 Å². The molecule has 126 valence electrons. The number of thioether (sulfide) groups is 1. The first-order chi connectivity index (χ1) is 11.1. The predicted molar refractivity (Wildman–Crippen MR) is 94.5 cm³/mol. The van der Waals surface area contributed by atoms with E-state index < -0.39 is 0 Å². The standard InChI is InChI=1S/C16H23FN4OS/c1-18-16(21-13-7-8-14(9-13)23-2)19-10-15(22)20-12-5-3-11(17)4-6-12/h3-6,13-14H,7-10H2,1-2H3,(H,20,22)(H2,18,19,21). The average molecular weight is 338 g/mol. The zero-order chi connectivity index (χ0) is 16.7. The lowest BCUT2D eigenvalue weighted by atomic mass is 10.2. The van der Waals surface area contributed by atoms with Gasteiger partial charge in [0.05, 0.1) is 6.54 Å². The van der Waals surface area contributed by atoms with E-state index in [0.29, 0.717) is 22.9 Å². The number of hydrogen-bond donors (Lipinski definition) is 3. The maximum absolute atomic E-state index is 12.8. The lowest BCUT2D eigenvalue weighted by Crippen LogP contribution is -2.45. The molecule has 1 aliphatic carbocycles. The van der Waals surface area contributed by atoms with E-state index in [4.69, 9.17) is 0 Å². The minimum absolute atomic E-state index is 0.107.